The van der Waals surface area contributed by atoms with Gasteiger partial charge in [0.25, 0.3) is 11.8 Å². The minimum atomic E-state index is -6.30. The Labute approximate surface area is 199 Å². The Morgan fingerprint density at radius 2 is 1.54 bits per heavy atom. The van der Waals surface area contributed by atoms with Gasteiger partial charge in [-0.3, -0.25) is 9.59 Å². The number of alkyl halides is 7. The molecule has 0 atom stereocenters. The second-order valence-corrected chi connectivity index (χ2v) is 8.47. The van der Waals surface area contributed by atoms with E-state index in [1.54, 1.807) is 0 Å². The molecule has 0 saturated heterocycles. The molecule has 3 N–H and O–H groups in total. The van der Waals surface area contributed by atoms with E-state index in [0.29, 0.717) is 12.1 Å². The van der Waals surface area contributed by atoms with Crippen molar-refractivity contribution >= 4 is 29.1 Å². The molecule has 35 heavy (non-hydrogen) atoms. The minimum Gasteiger partial charge on any atom is -0.366 e. The Bertz CT molecular complexity index is 1220. The summed E-state index contributed by atoms with van der Waals surface area (Å²) in [5, 5.41) is 11.3. The molecule has 0 aromatic heterocycles. The summed E-state index contributed by atoms with van der Waals surface area (Å²) in [6.45, 7) is 4.04. The number of anilines is 1. The third-order valence-electron chi connectivity index (χ3n) is 5.24. The maximum Gasteiger partial charge on any atom is 0.435 e. The van der Waals surface area contributed by atoms with Gasteiger partial charge in [-0.2, -0.15) is 31.6 Å². The van der Waals surface area contributed by atoms with Crippen LogP contribution in [0, 0.1) is 18.3 Å². The number of nitriles is 1. The molecule has 0 spiro atoms. The van der Waals surface area contributed by atoms with Crippen molar-refractivity contribution in [2.45, 2.75) is 44.2 Å². The Hall–Kier alpha value is -3.33. The van der Waals surface area contributed by atoms with Gasteiger partial charge in [0.2, 0.25) is 0 Å². The van der Waals surface area contributed by atoms with Crippen LogP contribution >= 0.6 is 11.6 Å². The van der Waals surface area contributed by atoms with E-state index in [0.717, 1.165) is 13.0 Å². The Morgan fingerprint density at radius 3 is 1.97 bits per heavy atom. The number of nitrogens with zero attached hydrogens (tertiary/aromatic N) is 1. The molecular weight excluding hydrogens is 507 g/mol. The lowest BCUT2D eigenvalue weighted by atomic mass is 9.84. The molecule has 2 rings (SSSR count). The maximum atomic E-state index is 14.3. The largest absolute Gasteiger partial charge is 0.435 e. The van der Waals surface area contributed by atoms with Crippen LogP contribution in [-0.2, 0) is 11.1 Å². The van der Waals surface area contributed by atoms with Crippen molar-refractivity contribution in [1.29, 1.82) is 5.26 Å². The molecule has 0 aliphatic heterocycles. The van der Waals surface area contributed by atoms with Gasteiger partial charge in [0.15, 0.2) is 0 Å². The molecule has 13 heteroatoms. The summed E-state index contributed by atoms with van der Waals surface area (Å²) < 4.78 is 92.4. The lowest BCUT2D eigenvalue weighted by Crippen LogP contribution is -2.50. The van der Waals surface area contributed by atoms with Crippen molar-refractivity contribution in [1.82, 2.24) is 0 Å². The van der Waals surface area contributed by atoms with Gasteiger partial charge in [0.05, 0.1) is 27.6 Å². The SMILES string of the molecule is Cc1cc(C(F)(C(F)(F)F)C(F)(F)F)ccc1NC(=O)c1ccc(C(C)(C)C#N)c(Cl)c1C(N)=O. The predicted molar refractivity (Wildman–Crippen MR) is 113 cm³/mol. The van der Waals surface area contributed by atoms with Gasteiger partial charge >= 0.3 is 18.0 Å². The van der Waals surface area contributed by atoms with Gasteiger partial charge in [0.1, 0.15) is 0 Å². The predicted octanol–water partition coefficient (Wildman–Crippen LogP) is 6.09. The standard InChI is InChI=1S/C22H17ClF7N3O2/c1-10-8-11(20(24,21(25,26)27)22(28,29)30)4-7-14(10)33-18(35)12-5-6-13(19(2,3)9-31)16(23)15(12)17(32)34/h4-8H,1-3H3,(H2,32,34)(H,33,35). The highest BCUT2D eigenvalue weighted by Gasteiger charge is 2.73. The fourth-order valence-electron chi connectivity index (χ4n) is 3.24. The van der Waals surface area contributed by atoms with Crippen molar-refractivity contribution in [3.63, 3.8) is 0 Å². The Balaban J connectivity index is 2.53. The number of nitrogens with one attached hydrogen (secondary N) is 1. The highest BCUT2D eigenvalue weighted by Crippen LogP contribution is 2.53. The van der Waals surface area contributed by atoms with E-state index >= 15 is 0 Å². The number of amides is 2. The first-order chi connectivity index (χ1) is 15.8. The first-order valence-corrected chi connectivity index (χ1v) is 9.96. The van der Waals surface area contributed by atoms with Crippen LogP contribution in [0.5, 0.6) is 0 Å². The Kier molecular flexibility index (Phi) is 7.20. The molecule has 2 amide bonds. The van der Waals surface area contributed by atoms with E-state index in [4.69, 9.17) is 17.3 Å². The van der Waals surface area contributed by atoms with Crippen LogP contribution in [0.15, 0.2) is 30.3 Å². The molecule has 0 unspecified atom stereocenters. The monoisotopic (exact) mass is 523 g/mol. The number of halogens is 8. The lowest BCUT2D eigenvalue weighted by molar-refractivity contribution is -0.348. The van der Waals surface area contributed by atoms with Crippen LogP contribution in [0.1, 0.15) is 51.3 Å². The van der Waals surface area contributed by atoms with E-state index in [1.807, 2.05) is 6.07 Å². The molecule has 5 nitrogen and oxygen atoms in total. The second-order valence-electron chi connectivity index (χ2n) is 8.09. The molecule has 0 aliphatic carbocycles. The topological polar surface area (TPSA) is 96.0 Å². The number of carbonyl (C=O) groups excluding carboxylic acids is 2. The molecule has 0 bridgehead atoms. The number of hydrogen-bond donors (Lipinski definition) is 2. The van der Waals surface area contributed by atoms with Crippen molar-refractivity contribution < 1.29 is 40.3 Å². The highest BCUT2D eigenvalue weighted by atomic mass is 35.5. The van der Waals surface area contributed by atoms with E-state index < -0.39 is 46.4 Å². The molecular formula is C22H17ClF7N3O2. The first kappa shape index (κ1) is 27.9. The summed E-state index contributed by atoms with van der Waals surface area (Å²) in [4.78, 5) is 24.8. The minimum absolute atomic E-state index is 0.186. The van der Waals surface area contributed by atoms with Gasteiger partial charge < -0.3 is 11.1 Å². The highest BCUT2D eigenvalue weighted by molar-refractivity contribution is 6.36. The summed E-state index contributed by atoms with van der Waals surface area (Å²) in [6, 6.07) is 5.61. The van der Waals surface area contributed by atoms with E-state index in [2.05, 4.69) is 5.32 Å². The van der Waals surface area contributed by atoms with Crippen molar-refractivity contribution in [3.8, 4) is 6.07 Å². The van der Waals surface area contributed by atoms with Gasteiger partial charge in [-0.15, -0.1) is 0 Å². The van der Waals surface area contributed by atoms with Crippen LogP contribution < -0.4 is 11.1 Å². The molecule has 0 aliphatic rings. The molecule has 188 valence electrons. The summed E-state index contributed by atoms with van der Waals surface area (Å²) in [7, 11) is 0. The molecule has 2 aromatic carbocycles. The first-order valence-electron chi connectivity index (χ1n) is 9.58. The van der Waals surface area contributed by atoms with Crippen LogP contribution in [0.2, 0.25) is 5.02 Å². The zero-order valence-corrected chi connectivity index (χ0v) is 19.0. The fraction of sp³-hybridized carbons (Fsp3) is 0.318. The van der Waals surface area contributed by atoms with Crippen LogP contribution in [0.3, 0.4) is 0 Å². The lowest BCUT2D eigenvalue weighted by Gasteiger charge is -2.30. The van der Waals surface area contributed by atoms with Gasteiger partial charge in [0, 0.05) is 11.3 Å². The zero-order chi connectivity index (χ0) is 27.1. The maximum absolute atomic E-state index is 14.3. The van der Waals surface area contributed by atoms with Crippen LogP contribution in [0.25, 0.3) is 0 Å². The second kappa shape index (κ2) is 9.03. The summed E-state index contributed by atoms with van der Waals surface area (Å²) in [5.74, 6) is -2.16. The smallest absolute Gasteiger partial charge is 0.366 e. The van der Waals surface area contributed by atoms with Crippen LogP contribution in [-0.4, -0.2) is 24.2 Å². The van der Waals surface area contributed by atoms with E-state index in [1.165, 1.54) is 19.9 Å². The molecule has 0 saturated carbocycles. The summed E-state index contributed by atoms with van der Waals surface area (Å²) in [6.07, 6.45) is -12.6. The molecule has 2 aromatic rings. The van der Waals surface area contributed by atoms with Gasteiger partial charge in [-0.1, -0.05) is 29.8 Å². The number of carbonyl (C=O) groups is 2. The van der Waals surface area contributed by atoms with Crippen molar-refractivity contribution in [3.05, 3.63) is 63.2 Å². The number of hydrogen-bond acceptors (Lipinski definition) is 3. The van der Waals surface area contributed by atoms with E-state index in [-0.39, 0.29) is 33.5 Å². The molecule has 0 radical (unpaired) electrons. The average Bonchev–Trinajstić information content (AvgIpc) is 2.72. The number of benzene rings is 2. The quantitative estimate of drug-likeness (QED) is 0.464. The fourth-order valence-corrected chi connectivity index (χ4v) is 3.74. The summed E-state index contributed by atoms with van der Waals surface area (Å²) in [5.41, 5.74) is -4.42. The Morgan fingerprint density at radius 1 is 1.00 bits per heavy atom. The normalized spacial score (nSPS) is 12.7. The third-order valence-corrected chi connectivity index (χ3v) is 5.63. The number of nitrogens with two attached hydrogens (primary N) is 1. The van der Waals surface area contributed by atoms with E-state index in [9.17, 15) is 45.6 Å². The van der Waals surface area contributed by atoms with Crippen molar-refractivity contribution in [2.75, 3.05) is 5.32 Å². The van der Waals surface area contributed by atoms with Gasteiger partial charge in [-0.25, -0.2) is 4.39 Å². The molecule has 0 fully saturated rings. The number of rotatable bonds is 5. The average molecular weight is 524 g/mol. The zero-order valence-electron chi connectivity index (χ0n) is 18.3. The summed E-state index contributed by atoms with van der Waals surface area (Å²) >= 11 is 6.22. The molecule has 0 heterocycles. The van der Waals surface area contributed by atoms with Crippen LogP contribution in [0.4, 0.5) is 36.4 Å². The van der Waals surface area contributed by atoms with Gasteiger partial charge in [-0.05, 0) is 44.0 Å². The third kappa shape index (κ3) is 4.91. The number of aryl methyl sites for hydroxylation is 1. The number of primary amides is 1. The van der Waals surface area contributed by atoms with Crippen molar-refractivity contribution in [2.24, 2.45) is 5.73 Å².